The van der Waals surface area contributed by atoms with Crippen LogP contribution in [-0.4, -0.2) is 17.0 Å². The van der Waals surface area contributed by atoms with Crippen LogP contribution in [0.5, 0.6) is 0 Å². The van der Waals surface area contributed by atoms with Gasteiger partial charge >= 0.3 is 0 Å². The van der Waals surface area contributed by atoms with E-state index in [9.17, 15) is 9.90 Å². The third kappa shape index (κ3) is 3.64. The summed E-state index contributed by atoms with van der Waals surface area (Å²) in [6.07, 6.45) is 12.8. The number of aliphatic hydroxyl groups is 1. The molecule has 0 aliphatic heterocycles. The minimum Gasteiger partial charge on any atom is -0.393 e. The van der Waals surface area contributed by atoms with Gasteiger partial charge in [-0.15, -0.1) is 0 Å². The van der Waals surface area contributed by atoms with Crippen molar-refractivity contribution in [2.24, 2.45) is 52.3 Å². The molecule has 29 heavy (non-hydrogen) atoms. The third-order valence-corrected chi connectivity index (χ3v) is 10.6. The number of rotatable bonds is 5. The zero-order valence-electron chi connectivity index (χ0n) is 19.8. The summed E-state index contributed by atoms with van der Waals surface area (Å²) < 4.78 is 0. The highest BCUT2D eigenvalue weighted by atomic mass is 16.3. The standard InChI is InChI=1S/C27H46O2/c1-17(2)7-6-8-18(3)21-9-10-22-25-23(12-14-27(21,22)5)26(4)13-11-20(28)15-19(26)16-24(25)29/h17-23,25,28H,6-16H2,1-5H3/t18?,19-,20+,21-,22?,23?,25?,26+,27-/m1/s1. The maximum Gasteiger partial charge on any atom is 0.136 e. The molecule has 4 fully saturated rings. The van der Waals surface area contributed by atoms with Crippen molar-refractivity contribution in [1.29, 1.82) is 0 Å². The van der Waals surface area contributed by atoms with Gasteiger partial charge in [-0.25, -0.2) is 0 Å². The number of hydrogen-bond acceptors (Lipinski definition) is 2. The summed E-state index contributed by atoms with van der Waals surface area (Å²) in [4.78, 5) is 13.5. The van der Waals surface area contributed by atoms with Crippen LogP contribution in [0.3, 0.4) is 0 Å². The second-order valence-electron chi connectivity index (χ2n) is 12.6. The number of Topliss-reactive ketones (excluding diaryl/α,β-unsaturated/α-hetero) is 1. The van der Waals surface area contributed by atoms with Crippen LogP contribution >= 0.6 is 0 Å². The average Bonchev–Trinajstić information content (AvgIpc) is 3.00. The Hall–Kier alpha value is -0.370. The Balaban J connectivity index is 1.51. The fraction of sp³-hybridized carbons (Fsp3) is 0.963. The SMILES string of the molecule is CC(C)CCCC(C)[C@H]1CCC2C3C(=O)C[C@H]4C[C@@H](O)CC[C@]4(C)C3CC[C@@]21C. The fourth-order valence-corrected chi connectivity index (χ4v) is 8.93. The summed E-state index contributed by atoms with van der Waals surface area (Å²) in [5, 5.41) is 10.2. The van der Waals surface area contributed by atoms with Crippen LogP contribution < -0.4 is 0 Å². The van der Waals surface area contributed by atoms with Crippen molar-refractivity contribution in [2.45, 2.75) is 111 Å². The van der Waals surface area contributed by atoms with Gasteiger partial charge in [0.25, 0.3) is 0 Å². The summed E-state index contributed by atoms with van der Waals surface area (Å²) in [6, 6.07) is 0. The molecule has 0 radical (unpaired) electrons. The summed E-state index contributed by atoms with van der Waals surface area (Å²) in [7, 11) is 0. The second kappa shape index (κ2) is 7.95. The number of ketones is 1. The highest BCUT2D eigenvalue weighted by Gasteiger charge is 2.62. The number of aliphatic hydroxyl groups excluding tert-OH is 1. The first-order valence-electron chi connectivity index (χ1n) is 12.9. The van der Waals surface area contributed by atoms with Crippen molar-refractivity contribution >= 4 is 5.78 Å². The molecule has 0 bridgehead atoms. The molecule has 0 aromatic heterocycles. The fourth-order valence-electron chi connectivity index (χ4n) is 8.93. The Labute approximate surface area is 179 Å². The van der Waals surface area contributed by atoms with E-state index >= 15 is 0 Å². The molecule has 1 N–H and O–H groups in total. The Morgan fingerprint density at radius 3 is 2.38 bits per heavy atom. The van der Waals surface area contributed by atoms with Gasteiger partial charge in [-0.3, -0.25) is 4.79 Å². The van der Waals surface area contributed by atoms with E-state index in [1.165, 1.54) is 44.9 Å². The van der Waals surface area contributed by atoms with Gasteiger partial charge in [0, 0.05) is 12.3 Å². The average molecular weight is 403 g/mol. The highest BCUT2D eigenvalue weighted by molar-refractivity contribution is 5.83. The molecule has 0 saturated heterocycles. The molecule has 0 amide bonds. The Bertz CT molecular complexity index is 612. The molecule has 166 valence electrons. The maximum absolute atomic E-state index is 13.5. The summed E-state index contributed by atoms with van der Waals surface area (Å²) in [5.41, 5.74) is 0.672. The monoisotopic (exact) mass is 402 g/mol. The first kappa shape index (κ1) is 21.8. The lowest BCUT2D eigenvalue weighted by molar-refractivity contribution is -0.160. The van der Waals surface area contributed by atoms with Crippen LogP contribution in [0, 0.1) is 52.3 Å². The van der Waals surface area contributed by atoms with Crippen LogP contribution in [-0.2, 0) is 4.79 Å². The molecular formula is C27H46O2. The summed E-state index contributed by atoms with van der Waals surface area (Å²) in [5.74, 6) is 4.93. The second-order valence-corrected chi connectivity index (χ2v) is 12.6. The van der Waals surface area contributed by atoms with Crippen LogP contribution in [0.4, 0.5) is 0 Å². The van der Waals surface area contributed by atoms with Crippen LogP contribution in [0.15, 0.2) is 0 Å². The van der Waals surface area contributed by atoms with Gasteiger partial charge in [0.1, 0.15) is 5.78 Å². The first-order chi connectivity index (χ1) is 13.7. The van der Waals surface area contributed by atoms with Gasteiger partial charge < -0.3 is 5.11 Å². The van der Waals surface area contributed by atoms with E-state index in [1.54, 1.807) is 0 Å². The lowest BCUT2D eigenvalue weighted by Gasteiger charge is -2.60. The van der Waals surface area contributed by atoms with E-state index in [4.69, 9.17) is 0 Å². The predicted octanol–water partition coefficient (Wildman–Crippen LogP) is 6.65. The van der Waals surface area contributed by atoms with Crippen LogP contribution in [0.1, 0.15) is 105 Å². The molecule has 4 aliphatic carbocycles. The van der Waals surface area contributed by atoms with Gasteiger partial charge in [0.05, 0.1) is 6.10 Å². The van der Waals surface area contributed by atoms with E-state index in [0.717, 1.165) is 43.4 Å². The lowest BCUT2D eigenvalue weighted by atomic mass is 9.44. The molecule has 0 spiro atoms. The molecule has 0 heterocycles. The molecule has 9 atom stereocenters. The lowest BCUT2D eigenvalue weighted by Crippen LogP contribution is -2.57. The van der Waals surface area contributed by atoms with Crippen LogP contribution in [0.25, 0.3) is 0 Å². The number of hydrogen-bond donors (Lipinski definition) is 1. The molecule has 2 heteroatoms. The minimum absolute atomic E-state index is 0.172. The first-order valence-corrected chi connectivity index (χ1v) is 12.9. The number of carbonyl (C=O) groups is 1. The van der Waals surface area contributed by atoms with Crippen molar-refractivity contribution in [3.63, 3.8) is 0 Å². The van der Waals surface area contributed by atoms with Crippen molar-refractivity contribution in [1.82, 2.24) is 0 Å². The molecule has 0 aromatic carbocycles. The zero-order chi connectivity index (χ0) is 21.0. The van der Waals surface area contributed by atoms with Crippen molar-refractivity contribution in [3.05, 3.63) is 0 Å². The topological polar surface area (TPSA) is 37.3 Å². The molecular weight excluding hydrogens is 356 g/mol. The third-order valence-electron chi connectivity index (χ3n) is 10.6. The molecule has 2 nitrogen and oxygen atoms in total. The van der Waals surface area contributed by atoms with Gasteiger partial charge in [-0.05, 0) is 91.3 Å². The molecule has 4 aliphatic rings. The van der Waals surface area contributed by atoms with E-state index in [1.807, 2.05) is 0 Å². The summed E-state index contributed by atoms with van der Waals surface area (Å²) >= 11 is 0. The zero-order valence-corrected chi connectivity index (χ0v) is 19.8. The quantitative estimate of drug-likeness (QED) is 0.559. The van der Waals surface area contributed by atoms with E-state index in [0.29, 0.717) is 40.3 Å². The van der Waals surface area contributed by atoms with Gasteiger partial charge in [0.2, 0.25) is 0 Å². The smallest absolute Gasteiger partial charge is 0.136 e. The van der Waals surface area contributed by atoms with Crippen molar-refractivity contribution in [2.75, 3.05) is 0 Å². The van der Waals surface area contributed by atoms with Gasteiger partial charge in [-0.1, -0.05) is 53.9 Å². The normalized spacial score (nSPS) is 48.2. The molecule has 4 saturated carbocycles. The van der Waals surface area contributed by atoms with Crippen LogP contribution in [0.2, 0.25) is 0 Å². The number of fused-ring (bicyclic) bond motifs is 5. The molecule has 4 rings (SSSR count). The van der Waals surface area contributed by atoms with E-state index < -0.39 is 0 Å². The maximum atomic E-state index is 13.5. The minimum atomic E-state index is -0.172. The molecule has 4 unspecified atom stereocenters. The Kier molecular flexibility index (Phi) is 5.99. The Morgan fingerprint density at radius 1 is 0.966 bits per heavy atom. The predicted molar refractivity (Wildman–Crippen MR) is 119 cm³/mol. The Morgan fingerprint density at radius 2 is 1.66 bits per heavy atom. The van der Waals surface area contributed by atoms with Gasteiger partial charge in [-0.2, -0.15) is 0 Å². The van der Waals surface area contributed by atoms with E-state index in [2.05, 4.69) is 34.6 Å². The summed E-state index contributed by atoms with van der Waals surface area (Å²) in [6.45, 7) is 12.2. The number of carbonyl (C=O) groups excluding carboxylic acids is 1. The largest absolute Gasteiger partial charge is 0.393 e. The van der Waals surface area contributed by atoms with Crippen molar-refractivity contribution in [3.8, 4) is 0 Å². The van der Waals surface area contributed by atoms with Gasteiger partial charge in [0.15, 0.2) is 0 Å². The highest BCUT2D eigenvalue weighted by Crippen LogP contribution is 2.67. The van der Waals surface area contributed by atoms with Crippen molar-refractivity contribution < 1.29 is 9.90 Å². The van der Waals surface area contributed by atoms with E-state index in [-0.39, 0.29) is 6.10 Å². The molecule has 0 aromatic rings.